The van der Waals surface area contributed by atoms with Crippen molar-refractivity contribution in [3.63, 3.8) is 0 Å². The van der Waals surface area contributed by atoms with Crippen LogP contribution in [0.4, 0.5) is 5.69 Å². The largest absolute Gasteiger partial charge is 0.399 e. The zero-order chi connectivity index (χ0) is 16.3. The number of carbonyl (C=O) groups excluding carboxylic acids is 1. The molecule has 1 heterocycles. The third-order valence-electron chi connectivity index (χ3n) is 3.66. The van der Waals surface area contributed by atoms with E-state index >= 15 is 0 Å². The van der Waals surface area contributed by atoms with Crippen LogP contribution in [-0.4, -0.2) is 45.1 Å². The molecule has 1 aromatic carbocycles. The number of benzene rings is 1. The molecule has 0 radical (unpaired) electrons. The van der Waals surface area contributed by atoms with Crippen LogP contribution in [0.3, 0.4) is 0 Å². The van der Waals surface area contributed by atoms with Crippen molar-refractivity contribution < 1.29 is 13.2 Å². The molecule has 0 spiro atoms. The molecule has 122 valence electrons. The van der Waals surface area contributed by atoms with E-state index in [9.17, 15) is 13.2 Å². The van der Waals surface area contributed by atoms with Crippen LogP contribution in [-0.2, 0) is 10.0 Å². The summed E-state index contributed by atoms with van der Waals surface area (Å²) >= 11 is 6.08. The molecule has 0 aliphatic carbocycles. The topological polar surface area (TPSA) is 92.5 Å². The minimum atomic E-state index is -3.21. The molecule has 1 fully saturated rings. The van der Waals surface area contributed by atoms with Gasteiger partial charge in [0.25, 0.3) is 5.91 Å². The lowest BCUT2D eigenvalue weighted by Gasteiger charge is -2.33. The molecule has 1 unspecified atom stereocenters. The summed E-state index contributed by atoms with van der Waals surface area (Å²) in [6, 6.07) is 4.82. The lowest BCUT2D eigenvalue weighted by Crippen LogP contribution is -2.43. The van der Waals surface area contributed by atoms with Gasteiger partial charge in [0.2, 0.25) is 10.0 Å². The van der Waals surface area contributed by atoms with Gasteiger partial charge in [-0.25, -0.2) is 13.1 Å². The molecule has 22 heavy (non-hydrogen) atoms. The van der Waals surface area contributed by atoms with Crippen LogP contribution in [0.1, 0.15) is 23.2 Å². The fourth-order valence-electron chi connectivity index (χ4n) is 2.56. The van der Waals surface area contributed by atoms with Gasteiger partial charge >= 0.3 is 0 Å². The van der Waals surface area contributed by atoms with E-state index in [2.05, 4.69) is 4.72 Å². The van der Waals surface area contributed by atoms with Gasteiger partial charge in [0, 0.05) is 25.3 Å². The summed E-state index contributed by atoms with van der Waals surface area (Å²) < 4.78 is 24.8. The zero-order valence-corrected chi connectivity index (χ0v) is 14.0. The highest BCUT2D eigenvalue weighted by Gasteiger charge is 2.26. The second-order valence-electron chi connectivity index (χ2n) is 5.62. The standard InChI is InChI=1S/C14H20ClN3O3S/c1-22(20,21)17-8-10-3-2-6-18(9-10)14(19)12-5-4-11(16)7-13(12)15/h4-5,7,10,17H,2-3,6,8-9,16H2,1H3. The summed E-state index contributed by atoms with van der Waals surface area (Å²) in [5, 5.41) is 0.335. The fraction of sp³-hybridized carbons (Fsp3) is 0.500. The normalized spacial score (nSPS) is 19.2. The maximum absolute atomic E-state index is 12.5. The van der Waals surface area contributed by atoms with E-state index < -0.39 is 10.0 Å². The Labute approximate surface area is 135 Å². The van der Waals surface area contributed by atoms with Crippen LogP contribution in [0.15, 0.2) is 18.2 Å². The second kappa shape index (κ2) is 6.85. The Morgan fingerprint density at radius 2 is 2.23 bits per heavy atom. The minimum absolute atomic E-state index is 0.111. The van der Waals surface area contributed by atoms with Crippen LogP contribution in [0.25, 0.3) is 0 Å². The van der Waals surface area contributed by atoms with Crippen molar-refractivity contribution in [1.82, 2.24) is 9.62 Å². The van der Waals surface area contributed by atoms with E-state index in [0.29, 0.717) is 35.9 Å². The van der Waals surface area contributed by atoms with Gasteiger partial charge in [0.05, 0.1) is 16.8 Å². The number of nitrogens with zero attached hydrogens (tertiary/aromatic N) is 1. The molecule has 1 saturated heterocycles. The molecule has 1 amide bonds. The molecule has 3 N–H and O–H groups in total. The number of nitrogens with one attached hydrogen (secondary N) is 1. The van der Waals surface area contributed by atoms with E-state index in [1.54, 1.807) is 23.1 Å². The monoisotopic (exact) mass is 345 g/mol. The van der Waals surface area contributed by atoms with Gasteiger partial charge in [0.1, 0.15) is 0 Å². The number of carbonyl (C=O) groups is 1. The highest BCUT2D eigenvalue weighted by molar-refractivity contribution is 7.88. The summed E-state index contributed by atoms with van der Waals surface area (Å²) in [5.41, 5.74) is 6.57. The molecule has 1 aliphatic heterocycles. The number of anilines is 1. The van der Waals surface area contributed by atoms with Crippen LogP contribution >= 0.6 is 11.6 Å². The first-order chi connectivity index (χ1) is 10.3. The number of hydrogen-bond donors (Lipinski definition) is 2. The van der Waals surface area contributed by atoms with Crippen LogP contribution in [0, 0.1) is 5.92 Å². The molecule has 0 bridgehead atoms. The van der Waals surface area contributed by atoms with Gasteiger partial charge in [-0.1, -0.05) is 11.6 Å². The van der Waals surface area contributed by atoms with Crippen molar-refractivity contribution in [3.05, 3.63) is 28.8 Å². The summed E-state index contributed by atoms with van der Waals surface area (Å²) in [6.07, 6.45) is 2.86. The molecule has 2 rings (SSSR count). The van der Waals surface area contributed by atoms with E-state index in [1.807, 2.05) is 0 Å². The number of amides is 1. The number of piperidine rings is 1. The molecule has 8 heteroatoms. The van der Waals surface area contributed by atoms with Gasteiger partial charge in [-0.2, -0.15) is 0 Å². The fourth-order valence-corrected chi connectivity index (χ4v) is 3.37. The van der Waals surface area contributed by atoms with Gasteiger partial charge in [-0.05, 0) is 37.0 Å². The lowest BCUT2D eigenvalue weighted by atomic mass is 9.97. The molecular weight excluding hydrogens is 326 g/mol. The Bertz CT molecular complexity index is 663. The summed E-state index contributed by atoms with van der Waals surface area (Å²) in [6.45, 7) is 1.51. The molecule has 0 aromatic heterocycles. The average Bonchev–Trinajstić information content (AvgIpc) is 2.44. The maximum Gasteiger partial charge on any atom is 0.255 e. The summed E-state index contributed by atoms with van der Waals surface area (Å²) in [4.78, 5) is 14.3. The predicted octanol–water partition coefficient (Wildman–Crippen LogP) is 1.32. The number of rotatable bonds is 4. The molecule has 1 aliphatic rings. The van der Waals surface area contributed by atoms with Gasteiger partial charge in [0.15, 0.2) is 0 Å². The quantitative estimate of drug-likeness (QED) is 0.805. The number of sulfonamides is 1. The highest BCUT2D eigenvalue weighted by Crippen LogP contribution is 2.24. The predicted molar refractivity (Wildman–Crippen MR) is 87.3 cm³/mol. The van der Waals surface area contributed by atoms with E-state index in [-0.39, 0.29) is 11.8 Å². The first-order valence-corrected chi connectivity index (χ1v) is 9.32. The van der Waals surface area contributed by atoms with Crippen molar-refractivity contribution in [3.8, 4) is 0 Å². The Morgan fingerprint density at radius 3 is 2.86 bits per heavy atom. The van der Waals surface area contributed by atoms with Crippen LogP contribution in [0.2, 0.25) is 5.02 Å². The van der Waals surface area contributed by atoms with Crippen molar-refractivity contribution in [2.45, 2.75) is 12.8 Å². The maximum atomic E-state index is 12.5. The summed E-state index contributed by atoms with van der Waals surface area (Å²) in [7, 11) is -3.21. The molecule has 1 atom stereocenters. The molecule has 0 saturated carbocycles. The van der Waals surface area contributed by atoms with E-state index in [1.165, 1.54) is 0 Å². The number of likely N-dealkylation sites (tertiary alicyclic amines) is 1. The van der Waals surface area contributed by atoms with Crippen molar-refractivity contribution in [1.29, 1.82) is 0 Å². The molecule has 1 aromatic rings. The lowest BCUT2D eigenvalue weighted by molar-refractivity contribution is 0.0676. The first-order valence-electron chi connectivity index (χ1n) is 7.05. The van der Waals surface area contributed by atoms with Crippen molar-refractivity contribution >= 4 is 33.2 Å². The number of halogens is 1. The van der Waals surface area contributed by atoms with Crippen LogP contribution < -0.4 is 10.5 Å². The Balaban J connectivity index is 2.03. The van der Waals surface area contributed by atoms with Crippen LogP contribution in [0.5, 0.6) is 0 Å². The van der Waals surface area contributed by atoms with E-state index in [0.717, 1.165) is 19.1 Å². The number of nitrogen functional groups attached to an aromatic ring is 1. The van der Waals surface area contributed by atoms with Gasteiger partial charge < -0.3 is 10.6 Å². The third kappa shape index (κ3) is 4.59. The summed E-state index contributed by atoms with van der Waals surface area (Å²) in [5.74, 6) is -0.0333. The Hall–Kier alpha value is -1.31. The third-order valence-corrected chi connectivity index (χ3v) is 4.67. The average molecular weight is 346 g/mol. The van der Waals surface area contributed by atoms with E-state index in [4.69, 9.17) is 17.3 Å². The van der Waals surface area contributed by atoms with Crippen molar-refractivity contribution in [2.75, 3.05) is 31.6 Å². The Kier molecular flexibility index (Phi) is 5.31. The number of nitrogens with two attached hydrogens (primary N) is 1. The Morgan fingerprint density at radius 1 is 1.50 bits per heavy atom. The molecule has 6 nitrogen and oxygen atoms in total. The highest BCUT2D eigenvalue weighted by atomic mass is 35.5. The second-order valence-corrected chi connectivity index (χ2v) is 7.86. The van der Waals surface area contributed by atoms with Gasteiger partial charge in [-0.15, -0.1) is 0 Å². The van der Waals surface area contributed by atoms with Crippen molar-refractivity contribution in [2.24, 2.45) is 5.92 Å². The zero-order valence-electron chi connectivity index (χ0n) is 12.4. The van der Waals surface area contributed by atoms with Gasteiger partial charge in [-0.3, -0.25) is 4.79 Å². The smallest absolute Gasteiger partial charge is 0.255 e. The minimum Gasteiger partial charge on any atom is -0.399 e. The SMILES string of the molecule is CS(=O)(=O)NCC1CCCN(C(=O)c2ccc(N)cc2Cl)C1. The first kappa shape index (κ1) is 17.1. The molecular formula is C14H20ClN3O3S. The number of hydrogen-bond acceptors (Lipinski definition) is 4.